The van der Waals surface area contributed by atoms with Crippen molar-refractivity contribution in [1.29, 1.82) is 0 Å². The summed E-state index contributed by atoms with van der Waals surface area (Å²) in [5, 5.41) is 3.77. The first kappa shape index (κ1) is 20.5. The van der Waals surface area contributed by atoms with Gasteiger partial charge in [-0.15, -0.1) is 0 Å². The molecular formula is C19H22BrF3N4O2. The van der Waals surface area contributed by atoms with E-state index in [0.717, 1.165) is 31.7 Å². The number of alkyl halides is 3. The lowest BCUT2D eigenvalue weighted by Crippen LogP contribution is -2.48. The quantitative estimate of drug-likeness (QED) is 0.637. The molecule has 2 fully saturated rings. The second kappa shape index (κ2) is 8.14. The number of carbonyl (C=O) groups is 1. The lowest BCUT2D eigenvalue weighted by molar-refractivity contribution is -0.142. The van der Waals surface area contributed by atoms with Crippen LogP contribution in [0.5, 0.6) is 0 Å². The first-order chi connectivity index (χ1) is 13.8. The molecule has 0 atom stereocenters. The summed E-state index contributed by atoms with van der Waals surface area (Å²) in [5.74, 6) is 0.930. The van der Waals surface area contributed by atoms with Gasteiger partial charge < -0.3 is 9.32 Å². The van der Waals surface area contributed by atoms with Crippen molar-refractivity contribution in [3.8, 4) is 0 Å². The highest BCUT2D eigenvalue weighted by Gasteiger charge is 2.41. The van der Waals surface area contributed by atoms with E-state index < -0.39 is 11.9 Å². The highest BCUT2D eigenvalue weighted by Crippen LogP contribution is 2.47. The molecule has 10 heteroatoms. The first-order valence-electron chi connectivity index (χ1n) is 9.69. The van der Waals surface area contributed by atoms with Gasteiger partial charge in [0.05, 0.1) is 29.5 Å². The number of aryl methyl sites for hydroxylation is 1. The van der Waals surface area contributed by atoms with Crippen molar-refractivity contribution in [2.45, 2.75) is 44.4 Å². The molecule has 29 heavy (non-hydrogen) atoms. The Bertz CT molecular complexity index is 854. The van der Waals surface area contributed by atoms with Gasteiger partial charge in [0.25, 0.3) is 0 Å². The molecular weight excluding hydrogens is 453 g/mol. The van der Waals surface area contributed by atoms with E-state index in [1.807, 2.05) is 12.1 Å². The van der Waals surface area contributed by atoms with Crippen LogP contribution in [0.25, 0.3) is 0 Å². The van der Waals surface area contributed by atoms with Gasteiger partial charge in [-0.1, -0.05) is 0 Å². The van der Waals surface area contributed by atoms with Crippen LogP contribution in [0.4, 0.5) is 13.2 Å². The van der Waals surface area contributed by atoms with Gasteiger partial charge in [0.1, 0.15) is 5.76 Å². The molecule has 6 nitrogen and oxygen atoms in total. The van der Waals surface area contributed by atoms with Crippen molar-refractivity contribution >= 4 is 21.8 Å². The van der Waals surface area contributed by atoms with Crippen LogP contribution in [-0.2, 0) is 24.1 Å². The molecule has 158 valence electrons. The average molecular weight is 475 g/mol. The van der Waals surface area contributed by atoms with E-state index in [1.165, 1.54) is 4.68 Å². The minimum Gasteiger partial charge on any atom is -0.468 e. The number of amides is 1. The second-order valence-corrected chi connectivity index (χ2v) is 8.32. The van der Waals surface area contributed by atoms with Crippen LogP contribution in [0.1, 0.15) is 42.3 Å². The predicted octanol–water partition coefficient (Wildman–Crippen LogP) is 3.87. The van der Waals surface area contributed by atoms with Crippen molar-refractivity contribution in [2.24, 2.45) is 0 Å². The molecule has 2 aromatic heterocycles. The molecule has 0 bridgehead atoms. The van der Waals surface area contributed by atoms with Gasteiger partial charge in [0.2, 0.25) is 5.91 Å². The number of furan rings is 1. The highest BCUT2D eigenvalue weighted by molar-refractivity contribution is 9.10. The van der Waals surface area contributed by atoms with E-state index in [2.05, 4.69) is 25.9 Å². The van der Waals surface area contributed by atoms with Gasteiger partial charge in [0.15, 0.2) is 5.69 Å². The largest absolute Gasteiger partial charge is 0.468 e. The van der Waals surface area contributed by atoms with Gasteiger partial charge in [-0.25, -0.2) is 0 Å². The molecule has 0 N–H and O–H groups in total. The first-order valence-corrected chi connectivity index (χ1v) is 10.5. The van der Waals surface area contributed by atoms with Gasteiger partial charge in [-0.05, 0) is 40.9 Å². The summed E-state index contributed by atoms with van der Waals surface area (Å²) in [7, 11) is 0. The second-order valence-electron chi connectivity index (χ2n) is 7.53. The Labute approximate surface area is 174 Å². The number of rotatable bonds is 6. The molecule has 0 radical (unpaired) electrons. The Balaban J connectivity index is 1.33. The summed E-state index contributed by atoms with van der Waals surface area (Å²) in [6.45, 7) is 3.56. The summed E-state index contributed by atoms with van der Waals surface area (Å²) in [6, 6.07) is 3.77. The molecule has 1 saturated carbocycles. The smallest absolute Gasteiger partial charge is 0.436 e. The fourth-order valence-electron chi connectivity index (χ4n) is 3.69. The number of aromatic nitrogens is 2. The maximum absolute atomic E-state index is 13.2. The number of piperazine rings is 1. The van der Waals surface area contributed by atoms with Crippen LogP contribution >= 0.6 is 15.9 Å². The fraction of sp³-hybridized carbons (Fsp3) is 0.579. The van der Waals surface area contributed by atoms with E-state index in [0.29, 0.717) is 25.3 Å². The Morgan fingerprint density at radius 3 is 2.55 bits per heavy atom. The Kier molecular flexibility index (Phi) is 5.74. The third-order valence-electron chi connectivity index (χ3n) is 5.39. The summed E-state index contributed by atoms with van der Waals surface area (Å²) in [4.78, 5) is 16.6. The topological polar surface area (TPSA) is 54.5 Å². The third kappa shape index (κ3) is 4.69. The number of carbonyl (C=O) groups excluding carboxylic acids is 1. The number of nitrogens with zero attached hydrogens (tertiary/aromatic N) is 4. The molecule has 1 aliphatic carbocycles. The zero-order valence-corrected chi connectivity index (χ0v) is 17.4. The van der Waals surface area contributed by atoms with Crippen molar-refractivity contribution in [3.05, 3.63) is 40.0 Å². The summed E-state index contributed by atoms with van der Waals surface area (Å²) in [6.07, 6.45) is -1.02. The molecule has 2 aromatic rings. The monoisotopic (exact) mass is 474 g/mol. The molecule has 3 heterocycles. The molecule has 2 aliphatic rings. The predicted molar refractivity (Wildman–Crippen MR) is 102 cm³/mol. The highest BCUT2D eigenvalue weighted by atomic mass is 79.9. The summed E-state index contributed by atoms with van der Waals surface area (Å²) < 4.78 is 46.3. The van der Waals surface area contributed by atoms with Gasteiger partial charge in [-0.2, -0.15) is 18.3 Å². The number of hydrogen-bond acceptors (Lipinski definition) is 4. The van der Waals surface area contributed by atoms with Crippen LogP contribution < -0.4 is 0 Å². The zero-order chi connectivity index (χ0) is 20.6. The van der Waals surface area contributed by atoms with Gasteiger partial charge >= 0.3 is 6.18 Å². The maximum Gasteiger partial charge on any atom is 0.436 e. The minimum absolute atomic E-state index is 0.0199. The Morgan fingerprint density at radius 1 is 1.24 bits per heavy atom. The molecule has 1 saturated heterocycles. The number of halogens is 4. The van der Waals surface area contributed by atoms with Crippen molar-refractivity contribution < 1.29 is 22.4 Å². The normalized spacial score (nSPS) is 18.4. The van der Waals surface area contributed by atoms with Crippen molar-refractivity contribution in [3.63, 3.8) is 0 Å². The van der Waals surface area contributed by atoms with Crippen molar-refractivity contribution in [1.82, 2.24) is 19.6 Å². The SMILES string of the molecule is O=C(CCn1nc(C(F)(F)F)c(Br)c1C1CC1)N1CCN(Cc2ccco2)CC1. The van der Waals surface area contributed by atoms with Crippen LogP contribution in [0.3, 0.4) is 0 Å². The Morgan fingerprint density at radius 2 is 1.97 bits per heavy atom. The molecule has 1 aliphatic heterocycles. The lowest BCUT2D eigenvalue weighted by Gasteiger charge is -2.34. The van der Waals surface area contributed by atoms with Gasteiger partial charge in [0, 0.05) is 38.5 Å². The van der Waals surface area contributed by atoms with Crippen LogP contribution in [0, 0.1) is 0 Å². The molecule has 0 aromatic carbocycles. The average Bonchev–Trinajstić information content (AvgIpc) is 3.26. The molecule has 4 rings (SSSR count). The number of hydrogen-bond donors (Lipinski definition) is 0. The summed E-state index contributed by atoms with van der Waals surface area (Å²) in [5.41, 5.74) is -0.341. The fourth-order valence-corrected chi connectivity index (χ4v) is 4.52. The van der Waals surface area contributed by atoms with E-state index in [1.54, 1.807) is 11.2 Å². The van der Waals surface area contributed by atoms with E-state index >= 15 is 0 Å². The molecule has 1 amide bonds. The Hall–Kier alpha value is -1.81. The van der Waals surface area contributed by atoms with Crippen molar-refractivity contribution in [2.75, 3.05) is 26.2 Å². The van der Waals surface area contributed by atoms with E-state index in [9.17, 15) is 18.0 Å². The van der Waals surface area contributed by atoms with Crippen LogP contribution in [0.15, 0.2) is 27.3 Å². The van der Waals surface area contributed by atoms with Crippen LogP contribution in [-0.4, -0.2) is 51.7 Å². The zero-order valence-electron chi connectivity index (χ0n) is 15.8. The van der Waals surface area contributed by atoms with Crippen LogP contribution in [0.2, 0.25) is 0 Å². The molecule has 0 unspecified atom stereocenters. The minimum atomic E-state index is -4.51. The van der Waals surface area contributed by atoms with E-state index in [4.69, 9.17) is 4.42 Å². The van der Waals surface area contributed by atoms with E-state index in [-0.39, 0.29) is 29.3 Å². The van der Waals surface area contributed by atoms with Gasteiger partial charge in [-0.3, -0.25) is 14.4 Å². The lowest BCUT2D eigenvalue weighted by atomic mass is 10.2. The molecule has 0 spiro atoms. The maximum atomic E-state index is 13.2. The standard InChI is InChI=1S/C19H22BrF3N4O2/c20-16-17(13-3-4-13)27(24-18(16)19(21,22)23)6-5-15(28)26-9-7-25(8-10-26)12-14-2-1-11-29-14/h1-2,11,13H,3-10,12H2. The summed E-state index contributed by atoms with van der Waals surface area (Å²) >= 11 is 3.08. The third-order valence-corrected chi connectivity index (χ3v) is 6.17.